The maximum absolute atomic E-state index is 13.0. The quantitative estimate of drug-likeness (QED) is 0.905. The molecule has 1 amide bonds. The lowest BCUT2D eigenvalue weighted by Gasteiger charge is -2.30. The van der Waals surface area contributed by atoms with Crippen LogP contribution in [0, 0.1) is 0 Å². The van der Waals surface area contributed by atoms with Crippen LogP contribution >= 0.6 is 11.8 Å². The summed E-state index contributed by atoms with van der Waals surface area (Å²) in [5.74, 6) is 2.86. The molecule has 4 rings (SSSR count). The van der Waals surface area contributed by atoms with Gasteiger partial charge in [-0.2, -0.15) is 16.9 Å². The molecule has 6 heteroatoms. The number of aromatic nitrogens is 2. The fourth-order valence-electron chi connectivity index (χ4n) is 3.37. The lowest BCUT2D eigenvalue weighted by molar-refractivity contribution is 0.0437. The number of ether oxygens (including phenoxy) is 1. The molecule has 1 N–H and O–H groups in total. The van der Waals surface area contributed by atoms with E-state index in [-0.39, 0.29) is 12.0 Å². The average molecular weight is 321 g/mol. The van der Waals surface area contributed by atoms with Crippen molar-refractivity contribution in [2.75, 3.05) is 24.7 Å². The predicted octanol–water partition coefficient (Wildman–Crippen LogP) is 2.41. The normalized spacial score (nSPS) is 28.2. The number of amides is 1. The smallest absolute Gasteiger partial charge is 0.274 e. The number of carbonyl (C=O) groups excluding carboxylic acids is 1. The Morgan fingerprint density at radius 3 is 3.00 bits per heavy atom. The van der Waals surface area contributed by atoms with Gasteiger partial charge in [0.1, 0.15) is 5.69 Å². The van der Waals surface area contributed by atoms with Crippen molar-refractivity contribution < 1.29 is 9.53 Å². The van der Waals surface area contributed by atoms with E-state index in [1.54, 1.807) is 0 Å². The Bertz CT molecular complexity index is 531. The number of rotatable bonds is 5. The summed E-state index contributed by atoms with van der Waals surface area (Å²) in [6, 6.07) is 2.30. The number of hydrogen-bond donors (Lipinski definition) is 1. The minimum absolute atomic E-state index is 0.0751. The van der Waals surface area contributed by atoms with E-state index in [2.05, 4.69) is 10.2 Å². The lowest BCUT2D eigenvalue weighted by Crippen LogP contribution is -2.44. The monoisotopic (exact) mass is 321 g/mol. The van der Waals surface area contributed by atoms with E-state index in [0.29, 0.717) is 17.7 Å². The zero-order valence-corrected chi connectivity index (χ0v) is 13.6. The first-order chi connectivity index (χ1) is 10.8. The number of thioether (sulfide) groups is 1. The van der Waals surface area contributed by atoms with Gasteiger partial charge in [0.05, 0.1) is 6.10 Å². The van der Waals surface area contributed by atoms with E-state index in [4.69, 9.17) is 4.74 Å². The third kappa shape index (κ3) is 3.04. The van der Waals surface area contributed by atoms with Crippen molar-refractivity contribution in [1.29, 1.82) is 0 Å². The second-order valence-electron chi connectivity index (χ2n) is 6.59. The van der Waals surface area contributed by atoms with Crippen molar-refractivity contribution in [1.82, 2.24) is 15.1 Å². The third-order valence-electron chi connectivity index (χ3n) is 4.87. The molecule has 1 aromatic heterocycles. The Balaban J connectivity index is 1.50. The van der Waals surface area contributed by atoms with E-state index in [9.17, 15) is 4.79 Å². The van der Waals surface area contributed by atoms with Gasteiger partial charge in [-0.25, -0.2) is 0 Å². The molecule has 3 fully saturated rings. The highest BCUT2D eigenvalue weighted by atomic mass is 32.2. The number of hydrogen-bond acceptors (Lipinski definition) is 4. The van der Waals surface area contributed by atoms with Gasteiger partial charge in [0, 0.05) is 36.6 Å². The van der Waals surface area contributed by atoms with E-state index in [1.165, 1.54) is 12.8 Å². The Hall–Kier alpha value is -1.01. The summed E-state index contributed by atoms with van der Waals surface area (Å²) in [4.78, 5) is 15.0. The molecule has 2 atom stereocenters. The number of H-pyrrole nitrogens is 1. The minimum Gasteiger partial charge on any atom is -0.376 e. The molecule has 0 spiro atoms. The fourth-order valence-corrected chi connectivity index (χ4v) is 4.59. The second-order valence-corrected chi connectivity index (χ2v) is 7.74. The van der Waals surface area contributed by atoms with E-state index < -0.39 is 0 Å². The van der Waals surface area contributed by atoms with Crippen LogP contribution in [0.15, 0.2) is 6.07 Å². The summed E-state index contributed by atoms with van der Waals surface area (Å²) in [6.07, 6.45) is 5.90. The molecule has 1 aliphatic carbocycles. The molecule has 0 unspecified atom stereocenters. The Morgan fingerprint density at radius 2 is 2.32 bits per heavy atom. The van der Waals surface area contributed by atoms with Crippen molar-refractivity contribution in [3.05, 3.63) is 17.5 Å². The Labute approximate surface area is 135 Å². The average Bonchev–Trinajstić information content (AvgIpc) is 3.02. The molecule has 2 saturated heterocycles. The van der Waals surface area contributed by atoms with Crippen LogP contribution in [0.3, 0.4) is 0 Å². The number of aromatic amines is 1. The Morgan fingerprint density at radius 1 is 1.41 bits per heavy atom. The van der Waals surface area contributed by atoms with Crippen LogP contribution in [0.2, 0.25) is 0 Å². The molecular weight excluding hydrogens is 298 g/mol. The fraction of sp³-hybridized carbons (Fsp3) is 0.750. The highest BCUT2D eigenvalue weighted by Crippen LogP contribution is 2.39. The van der Waals surface area contributed by atoms with Gasteiger partial charge in [-0.1, -0.05) is 0 Å². The molecule has 5 nitrogen and oxygen atoms in total. The van der Waals surface area contributed by atoms with Gasteiger partial charge in [0.2, 0.25) is 0 Å². The van der Waals surface area contributed by atoms with Crippen molar-refractivity contribution in [3.63, 3.8) is 0 Å². The van der Waals surface area contributed by atoms with Crippen molar-refractivity contribution in [3.8, 4) is 0 Å². The van der Waals surface area contributed by atoms with Gasteiger partial charge in [-0.05, 0) is 43.9 Å². The predicted molar refractivity (Wildman–Crippen MR) is 86.3 cm³/mol. The van der Waals surface area contributed by atoms with Crippen LogP contribution in [-0.2, 0) is 4.74 Å². The molecule has 1 aromatic rings. The second kappa shape index (κ2) is 6.24. The number of carbonyl (C=O) groups is 1. The summed E-state index contributed by atoms with van der Waals surface area (Å²) in [7, 11) is 0. The maximum Gasteiger partial charge on any atom is 0.274 e. The molecule has 2 aliphatic heterocycles. The van der Waals surface area contributed by atoms with Gasteiger partial charge in [-0.3, -0.25) is 9.89 Å². The molecule has 0 bridgehead atoms. The van der Waals surface area contributed by atoms with E-state index in [0.717, 1.165) is 49.6 Å². The molecule has 0 radical (unpaired) electrons. The van der Waals surface area contributed by atoms with Crippen molar-refractivity contribution >= 4 is 17.7 Å². The Kier molecular flexibility index (Phi) is 4.13. The highest BCUT2D eigenvalue weighted by Gasteiger charge is 2.33. The molecule has 1 saturated carbocycles. The molecule has 22 heavy (non-hydrogen) atoms. The van der Waals surface area contributed by atoms with Crippen LogP contribution < -0.4 is 0 Å². The first-order valence-corrected chi connectivity index (χ1v) is 9.52. The van der Waals surface area contributed by atoms with Crippen LogP contribution in [0.1, 0.15) is 54.2 Å². The largest absolute Gasteiger partial charge is 0.376 e. The third-order valence-corrected chi connectivity index (χ3v) is 6.01. The van der Waals surface area contributed by atoms with Gasteiger partial charge >= 0.3 is 0 Å². The van der Waals surface area contributed by atoms with Crippen LogP contribution in [0.25, 0.3) is 0 Å². The minimum atomic E-state index is 0.0751. The molecule has 3 aliphatic rings. The van der Waals surface area contributed by atoms with E-state index in [1.807, 2.05) is 22.7 Å². The van der Waals surface area contributed by atoms with E-state index >= 15 is 0 Å². The first kappa shape index (κ1) is 14.6. The standard InChI is InChI=1S/C16H23N3O2S/c20-16(15-8-14(17-18-15)11-3-4-11)19(12-5-7-22-10-12)9-13-2-1-6-21-13/h8,11-13H,1-7,9-10H2,(H,17,18)/t12-,13+/m0/s1. The van der Waals surface area contributed by atoms with Crippen molar-refractivity contribution in [2.45, 2.75) is 50.2 Å². The van der Waals surface area contributed by atoms with Crippen molar-refractivity contribution in [2.24, 2.45) is 0 Å². The maximum atomic E-state index is 13.0. The molecule has 120 valence electrons. The van der Waals surface area contributed by atoms with Crippen LogP contribution in [0.4, 0.5) is 0 Å². The van der Waals surface area contributed by atoms with Gasteiger partial charge in [0.15, 0.2) is 0 Å². The zero-order chi connectivity index (χ0) is 14.9. The summed E-state index contributed by atoms with van der Waals surface area (Å²) >= 11 is 1.94. The number of nitrogens with zero attached hydrogens (tertiary/aromatic N) is 2. The number of nitrogens with one attached hydrogen (secondary N) is 1. The topological polar surface area (TPSA) is 58.2 Å². The van der Waals surface area contributed by atoms with Gasteiger partial charge < -0.3 is 9.64 Å². The summed E-state index contributed by atoms with van der Waals surface area (Å²) in [5, 5.41) is 7.33. The summed E-state index contributed by atoms with van der Waals surface area (Å²) < 4.78 is 5.75. The van der Waals surface area contributed by atoms with Crippen LogP contribution in [0.5, 0.6) is 0 Å². The van der Waals surface area contributed by atoms with Gasteiger partial charge in [-0.15, -0.1) is 0 Å². The first-order valence-electron chi connectivity index (χ1n) is 8.37. The molecule has 0 aromatic carbocycles. The highest BCUT2D eigenvalue weighted by molar-refractivity contribution is 7.99. The van der Waals surface area contributed by atoms with Gasteiger partial charge in [0.25, 0.3) is 5.91 Å². The summed E-state index contributed by atoms with van der Waals surface area (Å²) in [6.45, 7) is 1.55. The van der Waals surface area contributed by atoms with Crippen LogP contribution in [-0.4, -0.2) is 57.8 Å². The summed E-state index contributed by atoms with van der Waals surface area (Å²) in [5.41, 5.74) is 1.71. The SMILES string of the molecule is O=C(c1cc(C2CC2)[nH]n1)N(C[C@H]1CCCO1)[C@H]1CCSC1. The molecule has 3 heterocycles. The zero-order valence-electron chi connectivity index (χ0n) is 12.8. The molecular formula is C16H23N3O2S. The lowest BCUT2D eigenvalue weighted by atomic mass is 10.1.